The molecule has 15 heavy (non-hydrogen) atoms. The maximum Gasteiger partial charge on any atom is 0.0991 e. The number of nitrogens with zero attached hydrogens (tertiary/aromatic N) is 2. The zero-order chi connectivity index (χ0) is 11.3. The van der Waals surface area contributed by atoms with Gasteiger partial charge >= 0.3 is 0 Å². The van der Waals surface area contributed by atoms with E-state index in [-0.39, 0.29) is 6.04 Å². The SMILES string of the molecule is C=NC(c1ccc(C#N)cc1)C(C)CC. The minimum Gasteiger partial charge on any atom is -0.293 e. The molecule has 2 nitrogen and oxygen atoms in total. The molecule has 1 aromatic carbocycles. The summed E-state index contributed by atoms with van der Waals surface area (Å²) in [4.78, 5) is 4.15. The lowest BCUT2D eigenvalue weighted by molar-refractivity contribution is 0.461. The van der Waals surface area contributed by atoms with Gasteiger partial charge < -0.3 is 0 Å². The molecule has 2 unspecified atom stereocenters. The van der Waals surface area contributed by atoms with Gasteiger partial charge in [-0.1, -0.05) is 32.4 Å². The third-order valence-electron chi connectivity index (χ3n) is 2.76. The second-order valence-electron chi connectivity index (χ2n) is 3.75. The largest absolute Gasteiger partial charge is 0.293 e. The molecule has 0 aliphatic carbocycles. The van der Waals surface area contributed by atoms with Crippen LogP contribution in [-0.2, 0) is 0 Å². The fraction of sp³-hybridized carbons (Fsp3) is 0.385. The highest BCUT2D eigenvalue weighted by molar-refractivity contribution is 5.35. The monoisotopic (exact) mass is 200 g/mol. The summed E-state index contributed by atoms with van der Waals surface area (Å²) in [5.74, 6) is 0.482. The van der Waals surface area contributed by atoms with Gasteiger partial charge in [0.15, 0.2) is 0 Å². The Morgan fingerprint density at radius 3 is 2.40 bits per heavy atom. The summed E-state index contributed by atoms with van der Waals surface area (Å²) in [7, 11) is 0. The third-order valence-corrected chi connectivity index (χ3v) is 2.76. The van der Waals surface area contributed by atoms with Crippen molar-refractivity contribution in [2.24, 2.45) is 10.9 Å². The van der Waals surface area contributed by atoms with E-state index in [2.05, 4.69) is 31.6 Å². The Labute approximate surface area is 91.3 Å². The topological polar surface area (TPSA) is 36.1 Å². The summed E-state index contributed by atoms with van der Waals surface area (Å²) in [6.45, 7) is 7.94. The highest BCUT2D eigenvalue weighted by atomic mass is 14.8. The Morgan fingerprint density at radius 1 is 1.40 bits per heavy atom. The molecule has 78 valence electrons. The summed E-state index contributed by atoms with van der Waals surface area (Å²) < 4.78 is 0. The molecular formula is C13H16N2. The van der Waals surface area contributed by atoms with Crippen LogP contribution < -0.4 is 0 Å². The molecule has 0 fully saturated rings. The normalized spacial score (nSPS) is 13.9. The van der Waals surface area contributed by atoms with Gasteiger partial charge in [0, 0.05) is 0 Å². The van der Waals surface area contributed by atoms with Crippen LogP contribution in [0.25, 0.3) is 0 Å². The van der Waals surface area contributed by atoms with E-state index >= 15 is 0 Å². The van der Waals surface area contributed by atoms with Crippen molar-refractivity contribution < 1.29 is 0 Å². The molecule has 1 aromatic rings. The molecule has 0 heterocycles. The van der Waals surface area contributed by atoms with Crippen LogP contribution in [0, 0.1) is 17.2 Å². The summed E-state index contributed by atoms with van der Waals surface area (Å²) in [5, 5.41) is 8.69. The fourth-order valence-electron chi connectivity index (χ4n) is 1.59. The van der Waals surface area contributed by atoms with E-state index in [9.17, 15) is 0 Å². The molecule has 0 saturated heterocycles. The average molecular weight is 200 g/mol. The van der Waals surface area contributed by atoms with Crippen molar-refractivity contribution in [3.8, 4) is 6.07 Å². The van der Waals surface area contributed by atoms with E-state index in [0.717, 1.165) is 12.0 Å². The zero-order valence-corrected chi connectivity index (χ0v) is 9.27. The lowest BCUT2D eigenvalue weighted by atomic mass is 9.92. The maximum absolute atomic E-state index is 8.69. The molecule has 0 radical (unpaired) electrons. The Kier molecular flexibility index (Phi) is 4.05. The molecule has 0 amide bonds. The first kappa shape index (κ1) is 11.5. The number of hydrogen-bond donors (Lipinski definition) is 0. The Balaban J connectivity index is 2.93. The quantitative estimate of drug-likeness (QED) is 0.686. The van der Waals surface area contributed by atoms with Gasteiger partial charge in [-0.05, 0) is 30.3 Å². The molecule has 0 aromatic heterocycles. The molecule has 0 aliphatic rings. The van der Waals surface area contributed by atoms with E-state index in [4.69, 9.17) is 5.26 Å². The first-order chi connectivity index (χ1) is 7.22. The highest BCUT2D eigenvalue weighted by Gasteiger charge is 2.15. The predicted molar refractivity (Wildman–Crippen MR) is 62.9 cm³/mol. The summed E-state index contributed by atoms with van der Waals surface area (Å²) in [6.07, 6.45) is 1.07. The summed E-state index contributed by atoms with van der Waals surface area (Å²) >= 11 is 0. The lowest BCUT2D eigenvalue weighted by Gasteiger charge is -2.18. The van der Waals surface area contributed by atoms with Crippen molar-refractivity contribution >= 4 is 6.72 Å². The molecule has 2 heteroatoms. The molecular weight excluding hydrogens is 184 g/mol. The Morgan fingerprint density at radius 2 is 2.00 bits per heavy atom. The van der Waals surface area contributed by atoms with Gasteiger partial charge in [0.1, 0.15) is 0 Å². The molecule has 0 N–H and O–H groups in total. The van der Waals surface area contributed by atoms with Crippen molar-refractivity contribution in [1.29, 1.82) is 5.26 Å². The van der Waals surface area contributed by atoms with Crippen LogP contribution in [0.1, 0.15) is 37.4 Å². The van der Waals surface area contributed by atoms with Gasteiger partial charge in [0.25, 0.3) is 0 Å². The van der Waals surface area contributed by atoms with Crippen LogP contribution in [0.4, 0.5) is 0 Å². The fourth-order valence-corrected chi connectivity index (χ4v) is 1.59. The van der Waals surface area contributed by atoms with Crippen LogP contribution in [-0.4, -0.2) is 6.72 Å². The third kappa shape index (κ3) is 2.66. The van der Waals surface area contributed by atoms with Crippen molar-refractivity contribution in [1.82, 2.24) is 0 Å². The number of rotatable bonds is 4. The van der Waals surface area contributed by atoms with E-state index in [1.807, 2.05) is 24.3 Å². The Bertz CT molecular complexity index is 359. The van der Waals surface area contributed by atoms with Gasteiger partial charge in [-0.25, -0.2) is 0 Å². The van der Waals surface area contributed by atoms with Crippen LogP contribution in [0.3, 0.4) is 0 Å². The van der Waals surface area contributed by atoms with Crippen molar-refractivity contribution in [2.75, 3.05) is 0 Å². The van der Waals surface area contributed by atoms with Gasteiger partial charge in [0.2, 0.25) is 0 Å². The van der Waals surface area contributed by atoms with Gasteiger partial charge in [0.05, 0.1) is 17.7 Å². The van der Waals surface area contributed by atoms with Gasteiger partial charge in [-0.15, -0.1) is 0 Å². The minimum absolute atomic E-state index is 0.141. The van der Waals surface area contributed by atoms with E-state index in [1.165, 1.54) is 0 Å². The second kappa shape index (κ2) is 5.31. The Hall–Kier alpha value is -1.62. The second-order valence-corrected chi connectivity index (χ2v) is 3.75. The zero-order valence-electron chi connectivity index (χ0n) is 9.27. The molecule has 0 bridgehead atoms. The predicted octanol–water partition coefficient (Wildman–Crippen LogP) is 3.35. The average Bonchev–Trinajstić information content (AvgIpc) is 2.30. The first-order valence-electron chi connectivity index (χ1n) is 5.18. The van der Waals surface area contributed by atoms with Crippen molar-refractivity contribution in [3.63, 3.8) is 0 Å². The summed E-state index contributed by atoms with van der Waals surface area (Å²) in [5.41, 5.74) is 1.82. The highest BCUT2D eigenvalue weighted by Crippen LogP contribution is 2.27. The number of hydrogen-bond acceptors (Lipinski definition) is 2. The van der Waals surface area contributed by atoms with Gasteiger partial charge in [-0.2, -0.15) is 5.26 Å². The molecule has 0 saturated carbocycles. The first-order valence-corrected chi connectivity index (χ1v) is 5.18. The number of benzene rings is 1. The molecule has 0 aliphatic heterocycles. The van der Waals surface area contributed by atoms with Crippen LogP contribution >= 0.6 is 0 Å². The van der Waals surface area contributed by atoms with E-state index in [1.54, 1.807) is 0 Å². The standard InChI is InChI=1S/C13H16N2/c1-4-10(2)13(15-3)12-7-5-11(9-14)6-8-12/h5-8,10,13H,3-4H2,1-2H3. The van der Waals surface area contributed by atoms with Crippen LogP contribution in [0.15, 0.2) is 29.3 Å². The van der Waals surface area contributed by atoms with E-state index < -0.39 is 0 Å². The number of aliphatic imine (C=N–C) groups is 1. The van der Waals surface area contributed by atoms with Crippen molar-refractivity contribution in [2.45, 2.75) is 26.3 Å². The van der Waals surface area contributed by atoms with Crippen LogP contribution in [0.5, 0.6) is 0 Å². The van der Waals surface area contributed by atoms with Crippen molar-refractivity contribution in [3.05, 3.63) is 35.4 Å². The van der Waals surface area contributed by atoms with Crippen LogP contribution in [0.2, 0.25) is 0 Å². The maximum atomic E-state index is 8.69. The smallest absolute Gasteiger partial charge is 0.0991 e. The molecule has 2 atom stereocenters. The van der Waals surface area contributed by atoms with Gasteiger partial charge in [-0.3, -0.25) is 4.99 Å². The minimum atomic E-state index is 0.141. The lowest BCUT2D eigenvalue weighted by Crippen LogP contribution is -2.06. The number of nitriles is 1. The molecule has 0 spiro atoms. The van der Waals surface area contributed by atoms with E-state index in [0.29, 0.717) is 11.5 Å². The molecule has 1 rings (SSSR count). The summed E-state index contributed by atoms with van der Waals surface area (Å²) in [6, 6.07) is 9.83.